The molecule has 3 aliphatic rings. The number of nitrogens with one attached hydrogen (secondary N) is 1. The topological polar surface area (TPSA) is 68.1 Å². The third-order valence-electron chi connectivity index (χ3n) is 8.16. The van der Waals surface area contributed by atoms with Gasteiger partial charge in [0.15, 0.2) is 0 Å². The monoisotopic (exact) mass is 498 g/mol. The summed E-state index contributed by atoms with van der Waals surface area (Å²) >= 11 is 0. The van der Waals surface area contributed by atoms with E-state index in [-0.39, 0.29) is 43.9 Å². The molecule has 0 bridgehead atoms. The first-order chi connectivity index (χ1) is 18.1. The Kier molecular flexibility index (Phi) is 5.56. The molecule has 3 atom stereocenters. The fraction of sp³-hybridized carbons (Fsp3) is 0.593. The number of nitrogens with zero attached hydrogens (tertiary/aromatic N) is 5. The average molecular weight is 499 g/mol. The van der Waals surface area contributed by atoms with Gasteiger partial charge in [-0.15, -0.1) is 10.2 Å². The normalized spacial score (nSPS) is 26.7. The highest BCUT2D eigenvalue weighted by Gasteiger charge is 2.46. The molecule has 192 valence electrons. The second-order valence-electron chi connectivity index (χ2n) is 10.6. The summed E-state index contributed by atoms with van der Waals surface area (Å²) in [4.78, 5) is 1.39. The molecule has 9 heteroatoms. The minimum absolute atomic E-state index is 0.169. The average Bonchev–Trinajstić information content (AvgIpc) is 3.58. The van der Waals surface area contributed by atoms with Crippen LogP contribution in [0.3, 0.4) is 0 Å². The maximum Gasteiger partial charge on any atom is 0.263 e. The maximum absolute atomic E-state index is 15.2. The van der Waals surface area contributed by atoms with E-state index in [9.17, 15) is 0 Å². The molecule has 36 heavy (non-hydrogen) atoms. The van der Waals surface area contributed by atoms with E-state index >= 15 is 8.78 Å². The zero-order chi connectivity index (χ0) is 26.7. The molecule has 1 unspecified atom stereocenters. The van der Waals surface area contributed by atoms with E-state index in [4.69, 9.17) is 7.48 Å². The zero-order valence-corrected chi connectivity index (χ0v) is 20.8. The minimum Gasteiger partial charge on any atom is -0.381 e. The summed E-state index contributed by atoms with van der Waals surface area (Å²) in [6, 6.07) is 8.08. The standard InChI is InChI=1S/C27H34F2N6O/c1-17-22(3-4-25-23(17)15-34(2)33-25)24-5-6-26(32-31-24)30-21-11-18-13-35(14-19(18)12-21)16-27(28,29)20-7-9-36-10-8-20/h3-6,15,18-21H,7-14,16H2,1-2H3,(H,30,32)/t18-,19+,21?/i16D2. The number of aryl methyl sites for hydroxylation is 2. The molecule has 3 fully saturated rings. The lowest BCUT2D eigenvalue weighted by atomic mass is 9.92. The molecule has 7 nitrogen and oxygen atoms in total. The Balaban J connectivity index is 1.08. The minimum atomic E-state index is -3.40. The first-order valence-electron chi connectivity index (χ1n) is 13.9. The molecule has 6 rings (SSSR count). The smallest absolute Gasteiger partial charge is 0.263 e. The largest absolute Gasteiger partial charge is 0.381 e. The van der Waals surface area contributed by atoms with Crippen molar-refractivity contribution in [3.63, 3.8) is 0 Å². The number of fused-ring (bicyclic) bond motifs is 2. The van der Waals surface area contributed by atoms with E-state index in [1.165, 1.54) is 4.90 Å². The van der Waals surface area contributed by atoms with Gasteiger partial charge in [-0.05, 0) is 68.2 Å². The highest BCUT2D eigenvalue weighted by Crippen LogP contribution is 2.41. The Morgan fingerprint density at radius 3 is 2.56 bits per heavy atom. The van der Waals surface area contributed by atoms with Gasteiger partial charge < -0.3 is 10.1 Å². The van der Waals surface area contributed by atoms with Crippen LogP contribution in [0.4, 0.5) is 14.6 Å². The third kappa shape index (κ3) is 4.59. The summed E-state index contributed by atoms with van der Waals surface area (Å²) in [7, 11) is 1.91. The molecular formula is C27H34F2N6O. The van der Waals surface area contributed by atoms with Crippen LogP contribution in [-0.4, -0.2) is 69.6 Å². The molecule has 0 amide bonds. The van der Waals surface area contributed by atoms with Crippen LogP contribution in [0, 0.1) is 24.7 Å². The number of aromatic nitrogens is 4. The van der Waals surface area contributed by atoms with Gasteiger partial charge in [-0.25, -0.2) is 8.78 Å². The predicted octanol–water partition coefficient (Wildman–Crippen LogP) is 4.52. The summed E-state index contributed by atoms with van der Waals surface area (Å²) in [5.41, 5.74) is 3.88. The first-order valence-corrected chi connectivity index (χ1v) is 12.9. The van der Waals surface area contributed by atoms with Gasteiger partial charge in [-0.1, -0.05) is 6.07 Å². The second-order valence-corrected chi connectivity index (χ2v) is 10.6. The fourth-order valence-electron chi connectivity index (χ4n) is 6.26. The number of rotatable bonds is 6. The lowest BCUT2D eigenvalue weighted by molar-refractivity contribution is -0.111. The number of hydrogen-bond donors (Lipinski definition) is 1. The van der Waals surface area contributed by atoms with Gasteiger partial charge in [0.2, 0.25) is 0 Å². The van der Waals surface area contributed by atoms with Gasteiger partial charge in [-0.2, -0.15) is 5.10 Å². The summed E-state index contributed by atoms with van der Waals surface area (Å²) in [5, 5.41) is 17.9. The molecule has 2 aliphatic heterocycles. The molecular weight excluding hydrogens is 462 g/mol. The van der Waals surface area contributed by atoms with Gasteiger partial charge >= 0.3 is 0 Å². The van der Waals surface area contributed by atoms with E-state index in [1.807, 2.05) is 42.2 Å². The number of halogens is 2. The maximum atomic E-state index is 15.2. The van der Waals surface area contributed by atoms with E-state index in [2.05, 4.69) is 27.5 Å². The van der Waals surface area contributed by atoms with Crippen LogP contribution in [0.2, 0.25) is 0 Å². The highest BCUT2D eigenvalue weighted by molar-refractivity contribution is 5.88. The molecule has 1 aliphatic carbocycles. The molecule has 0 radical (unpaired) electrons. The number of ether oxygens (including phenoxy) is 1. The van der Waals surface area contributed by atoms with Gasteiger partial charge in [0.1, 0.15) is 5.82 Å². The van der Waals surface area contributed by atoms with E-state index in [1.54, 1.807) is 0 Å². The van der Waals surface area contributed by atoms with E-state index in [0.29, 0.717) is 18.9 Å². The second kappa shape index (κ2) is 9.34. The highest BCUT2D eigenvalue weighted by atomic mass is 19.3. The summed E-state index contributed by atoms with van der Waals surface area (Å²) in [5.74, 6) is -3.30. The Morgan fingerprint density at radius 1 is 1.11 bits per heavy atom. The predicted molar refractivity (Wildman–Crippen MR) is 135 cm³/mol. The van der Waals surface area contributed by atoms with Crippen molar-refractivity contribution < 1.29 is 16.3 Å². The van der Waals surface area contributed by atoms with Crippen LogP contribution in [0.25, 0.3) is 22.2 Å². The van der Waals surface area contributed by atoms with Crippen molar-refractivity contribution in [3.05, 3.63) is 36.0 Å². The van der Waals surface area contributed by atoms with E-state index in [0.717, 1.165) is 40.6 Å². The molecule has 1 saturated carbocycles. The summed E-state index contributed by atoms with van der Waals surface area (Å²) < 4.78 is 54.3. The quantitative estimate of drug-likeness (QED) is 0.539. The van der Waals surface area contributed by atoms with Crippen LogP contribution in [-0.2, 0) is 11.8 Å². The molecule has 1 aromatic carbocycles. The first kappa shape index (κ1) is 21.4. The SMILES string of the molecule is [2H]C([2H])(N1C[C@H]2CC(Nc3ccc(-c4ccc5nn(C)cc5c4C)nn3)C[C@H]2C1)C(F)(F)C1CCOCC1. The third-order valence-corrected chi connectivity index (χ3v) is 8.16. The van der Waals surface area contributed by atoms with Crippen molar-refractivity contribution in [3.8, 4) is 11.3 Å². The molecule has 1 N–H and O–H groups in total. The number of likely N-dealkylation sites (tertiary alicyclic amines) is 1. The van der Waals surface area contributed by atoms with Crippen molar-refractivity contribution >= 4 is 16.7 Å². The van der Waals surface area contributed by atoms with Crippen molar-refractivity contribution in [2.45, 2.75) is 44.6 Å². The Bertz CT molecular complexity index is 1300. The number of alkyl halides is 2. The van der Waals surface area contributed by atoms with Crippen molar-refractivity contribution in [1.29, 1.82) is 0 Å². The Hall–Kier alpha value is -2.65. The van der Waals surface area contributed by atoms with Crippen LogP contribution in [0.15, 0.2) is 30.5 Å². The number of anilines is 1. The van der Waals surface area contributed by atoms with Crippen molar-refractivity contribution in [1.82, 2.24) is 24.9 Å². The van der Waals surface area contributed by atoms with Crippen LogP contribution >= 0.6 is 0 Å². The van der Waals surface area contributed by atoms with E-state index < -0.39 is 18.3 Å². The molecule has 2 saturated heterocycles. The van der Waals surface area contributed by atoms with Crippen LogP contribution in [0.1, 0.15) is 34.0 Å². The van der Waals surface area contributed by atoms with Crippen LogP contribution in [0.5, 0.6) is 0 Å². The number of hydrogen-bond acceptors (Lipinski definition) is 6. The lowest BCUT2D eigenvalue weighted by Crippen LogP contribution is -2.43. The fourth-order valence-corrected chi connectivity index (χ4v) is 6.26. The van der Waals surface area contributed by atoms with Gasteiger partial charge in [0.05, 0.1) is 17.7 Å². The lowest BCUT2D eigenvalue weighted by Gasteiger charge is -2.33. The number of benzene rings is 1. The molecule has 0 spiro atoms. The summed E-state index contributed by atoms with van der Waals surface area (Å²) in [6.07, 6.45) is 4.03. The van der Waals surface area contributed by atoms with Gasteiger partial charge in [0, 0.05) is 65.2 Å². The van der Waals surface area contributed by atoms with Gasteiger partial charge in [-0.3, -0.25) is 9.58 Å². The zero-order valence-electron chi connectivity index (χ0n) is 22.8. The Morgan fingerprint density at radius 2 is 1.86 bits per heavy atom. The molecule has 2 aromatic heterocycles. The summed E-state index contributed by atoms with van der Waals surface area (Å²) in [6.45, 7) is 0.678. The van der Waals surface area contributed by atoms with Crippen LogP contribution < -0.4 is 5.32 Å². The molecule has 3 aromatic rings. The molecule has 4 heterocycles. The van der Waals surface area contributed by atoms with Crippen molar-refractivity contribution in [2.24, 2.45) is 24.8 Å². The Labute approximate surface area is 213 Å². The van der Waals surface area contributed by atoms with Gasteiger partial charge in [0.25, 0.3) is 5.92 Å². The van der Waals surface area contributed by atoms with Crippen molar-refractivity contribution in [2.75, 3.05) is 38.1 Å².